The highest BCUT2D eigenvalue weighted by Gasteiger charge is 2.19. The van der Waals surface area contributed by atoms with Gasteiger partial charge in [0.1, 0.15) is 5.84 Å². The van der Waals surface area contributed by atoms with Gasteiger partial charge in [0.15, 0.2) is 0 Å². The Balaban J connectivity index is 2.77. The first-order chi connectivity index (χ1) is 4.50. The van der Waals surface area contributed by atoms with Crippen molar-refractivity contribution in [3.63, 3.8) is 0 Å². The van der Waals surface area contributed by atoms with Crippen LogP contribution in [-0.2, 0) is 0 Å². The predicted molar refractivity (Wildman–Crippen MR) is 43.8 cm³/mol. The number of hydrogen-bond donors (Lipinski definition) is 1. The molecule has 1 heterocycles. The van der Waals surface area contributed by atoms with E-state index in [1.165, 1.54) is 0 Å². The van der Waals surface area contributed by atoms with Crippen LogP contribution in [0.3, 0.4) is 0 Å². The first-order valence-electron chi connectivity index (χ1n) is 3.54. The van der Waals surface area contributed by atoms with Gasteiger partial charge in [0.25, 0.3) is 0 Å². The van der Waals surface area contributed by atoms with E-state index in [4.69, 9.17) is 5.73 Å². The Kier molecular flexibility index (Phi) is 1.55. The van der Waals surface area contributed by atoms with Crippen LogP contribution in [0.5, 0.6) is 0 Å². The lowest BCUT2D eigenvalue weighted by molar-refractivity contribution is 0.500. The molecule has 56 valence electrons. The minimum Gasteiger partial charge on any atom is -0.387 e. The normalized spacial score (nSPS) is 18.7. The summed E-state index contributed by atoms with van der Waals surface area (Å²) in [6, 6.07) is 0. The average Bonchev–Trinajstić information content (AvgIpc) is 2.11. The van der Waals surface area contributed by atoms with Crippen LogP contribution in [0.15, 0.2) is 16.8 Å². The molecule has 0 aliphatic carbocycles. The number of rotatable bonds is 0. The molecule has 1 aliphatic heterocycles. The van der Waals surface area contributed by atoms with Gasteiger partial charge in [-0.25, -0.2) is 4.99 Å². The number of aliphatic imine (C=N–C) groups is 1. The number of amidine groups is 1. The van der Waals surface area contributed by atoms with Crippen LogP contribution >= 0.6 is 0 Å². The van der Waals surface area contributed by atoms with Gasteiger partial charge < -0.3 is 5.73 Å². The van der Waals surface area contributed by atoms with E-state index in [1.54, 1.807) is 0 Å². The third-order valence-electron chi connectivity index (χ3n) is 1.54. The maximum atomic E-state index is 5.52. The van der Waals surface area contributed by atoms with E-state index in [2.05, 4.69) is 31.8 Å². The molecule has 0 aromatic rings. The molecule has 2 heteroatoms. The van der Waals surface area contributed by atoms with E-state index in [0.29, 0.717) is 0 Å². The Morgan fingerprint density at radius 3 is 2.30 bits per heavy atom. The molecule has 0 saturated heterocycles. The molecule has 0 saturated carbocycles. The molecule has 0 radical (unpaired) electrons. The van der Waals surface area contributed by atoms with Crippen LogP contribution in [0.2, 0.25) is 0 Å². The first-order valence-corrected chi connectivity index (χ1v) is 3.54. The highest BCUT2D eigenvalue weighted by molar-refractivity contribution is 5.85. The lowest BCUT2D eigenvalue weighted by atomic mass is 9.92. The molecule has 0 fully saturated rings. The third kappa shape index (κ3) is 1.38. The molecule has 1 aliphatic rings. The van der Waals surface area contributed by atoms with E-state index >= 15 is 0 Å². The molecule has 0 amide bonds. The molecule has 0 unspecified atom stereocenters. The molecular formula is C8H14N2. The number of nitrogens with zero attached hydrogens (tertiary/aromatic N) is 1. The Morgan fingerprint density at radius 2 is 2.10 bits per heavy atom. The zero-order valence-electron chi connectivity index (χ0n) is 6.81. The zero-order chi connectivity index (χ0) is 7.78. The highest BCUT2D eigenvalue weighted by atomic mass is 14.9. The van der Waals surface area contributed by atoms with Crippen molar-refractivity contribution >= 4 is 5.84 Å². The average molecular weight is 138 g/mol. The Labute approximate surface area is 61.8 Å². The zero-order valence-corrected chi connectivity index (χ0v) is 6.81. The van der Waals surface area contributed by atoms with Crippen LogP contribution in [0.25, 0.3) is 0 Å². The first kappa shape index (κ1) is 7.32. The summed E-state index contributed by atoms with van der Waals surface area (Å²) in [6.45, 7) is 6.42. The van der Waals surface area contributed by atoms with Crippen LogP contribution in [-0.4, -0.2) is 5.84 Å². The quantitative estimate of drug-likeness (QED) is 0.543. The van der Waals surface area contributed by atoms with Crippen molar-refractivity contribution in [3.8, 4) is 0 Å². The smallest absolute Gasteiger partial charge is 0.103 e. The van der Waals surface area contributed by atoms with Crippen molar-refractivity contribution in [1.29, 1.82) is 0 Å². The van der Waals surface area contributed by atoms with Crippen molar-refractivity contribution in [3.05, 3.63) is 11.8 Å². The van der Waals surface area contributed by atoms with E-state index in [0.717, 1.165) is 18.0 Å². The summed E-state index contributed by atoms with van der Waals surface area (Å²) in [5.41, 5.74) is 6.79. The second-order valence-corrected chi connectivity index (χ2v) is 3.65. The second-order valence-electron chi connectivity index (χ2n) is 3.65. The Bertz CT molecular complexity index is 194. The van der Waals surface area contributed by atoms with Gasteiger partial charge in [-0.15, -0.1) is 0 Å². The summed E-state index contributed by atoms with van der Waals surface area (Å²) in [4.78, 5) is 4.22. The maximum Gasteiger partial charge on any atom is 0.103 e. The fourth-order valence-electron chi connectivity index (χ4n) is 0.921. The van der Waals surface area contributed by atoms with Gasteiger partial charge in [0.05, 0.1) is 0 Å². The maximum absolute atomic E-state index is 5.52. The molecule has 0 atom stereocenters. The van der Waals surface area contributed by atoms with Gasteiger partial charge in [-0.3, -0.25) is 0 Å². The van der Waals surface area contributed by atoms with Gasteiger partial charge in [-0.1, -0.05) is 26.8 Å². The summed E-state index contributed by atoms with van der Waals surface area (Å²) < 4.78 is 0. The second kappa shape index (κ2) is 2.11. The monoisotopic (exact) mass is 138 g/mol. The van der Waals surface area contributed by atoms with E-state index in [1.807, 2.05) is 0 Å². The molecule has 0 aromatic carbocycles. The van der Waals surface area contributed by atoms with Crippen LogP contribution in [0.1, 0.15) is 27.2 Å². The SMILES string of the molecule is CC(C)(C)C1=CCC(N)=N1. The summed E-state index contributed by atoms with van der Waals surface area (Å²) in [7, 11) is 0. The lowest BCUT2D eigenvalue weighted by Gasteiger charge is -2.16. The molecule has 0 spiro atoms. The predicted octanol–water partition coefficient (Wildman–Crippen LogP) is 1.68. The fourth-order valence-corrected chi connectivity index (χ4v) is 0.921. The van der Waals surface area contributed by atoms with Crippen molar-refractivity contribution < 1.29 is 0 Å². The summed E-state index contributed by atoms with van der Waals surface area (Å²) >= 11 is 0. The Morgan fingerprint density at radius 1 is 1.50 bits per heavy atom. The number of allylic oxidation sites excluding steroid dienone is 1. The van der Waals surface area contributed by atoms with Gasteiger partial charge in [-0.05, 0) is 0 Å². The molecule has 2 N–H and O–H groups in total. The van der Waals surface area contributed by atoms with E-state index in [9.17, 15) is 0 Å². The summed E-state index contributed by atoms with van der Waals surface area (Å²) in [5, 5.41) is 0. The molecule has 10 heavy (non-hydrogen) atoms. The molecule has 0 bridgehead atoms. The van der Waals surface area contributed by atoms with Crippen LogP contribution in [0.4, 0.5) is 0 Å². The van der Waals surface area contributed by atoms with Crippen LogP contribution in [0, 0.1) is 5.41 Å². The Hall–Kier alpha value is -0.790. The van der Waals surface area contributed by atoms with Gasteiger partial charge in [-0.2, -0.15) is 0 Å². The topological polar surface area (TPSA) is 38.4 Å². The van der Waals surface area contributed by atoms with E-state index < -0.39 is 0 Å². The molecule has 0 aromatic heterocycles. The van der Waals surface area contributed by atoms with E-state index in [-0.39, 0.29) is 5.41 Å². The van der Waals surface area contributed by atoms with Crippen LogP contribution < -0.4 is 5.73 Å². The fraction of sp³-hybridized carbons (Fsp3) is 0.625. The standard InChI is InChI=1S/C8H14N2/c1-8(2,3)6-4-5-7(9)10-6/h4H,5H2,1-3H3,(H2,9,10). The van der Waals surface area contributed by atoms with Gasteiger partial charge in [0, 0.05) is 17.5 Å². The molecule has 2 nitrogen and oxygen atoms in total. The summed E-state index contributed by atoms with van der Waals surface area (Å²) in [5.74, 6) is 0.741. The third-order valence-corrected chi connectivity index (χ3v) is 1.54. The molecular weight excluding hydrogens is 124 g/mol. The van der Waals surface area contributed by atoms with Gasteiger partial charge >= 0.3 is 0 Å². The van der Waals surface area contributed by atoms with Crippen molar-refractivity contribution in [2.45, 2.75) is 27.2 Å². The van der Waals surface area contributed by atoms with Gasteiger partial charge in [0.2, 0.25) is 0 Å². The largest absolute Gasteiger partial charge is 0.387 e. The highest BCUT2D eigenvalue weighted by Crippen LogP contribution is 2.28. The minimum absolute atomic E-state index is 0.154. The van der Waals surface area contributed by atoms with Crippen molar-refractivity contribution in [2.75, 3.05) is 0 Å². The number of hydrogen-bond acceptors (Lipinski definition) is 2. The summed E-state index contributed by atoms with van der Waals surface area (Å²) in [6.07, 6.45) is 2.92. The van der Waals surface area contributed by atoms with Crippen molar-refractivity contribution in [2.24, 2.45) is 16.1 Å². The number of nitrogens with two attached hydrogens (primary N) is 1. The minimum atomic E-state index is 0.154. The molecule has 1 rings (SSSR count). The van der Waals surface area contributed by atoms with Crippen molar-refractivity contribution in [1.82, 2.24) is 0 Å². The lowest BCUT2D eigenvalue weighted by Crippen LogP contribution is -2.09.